The van der Waals surface area contributed by atoms with Gasteiger partial charge in [-0.15, -0.1) is 0 Å². The maximum absolute atomic E-state index is 15.2. The molecule has 0 unspecified atom stereocenters. The van der Waals surface area contributed by atoms with Crippen molar-refractivity contribution in [2.24, 2.45) is 5.92 Å². The highest BCUT2D eigenvalue weighted by atomic mass is 35.5. The Labute approximate surface area is 230 Å². The van der Waals surface area contributed by atoms with Crippen LogP contribution in [0.2, 0.25) is 5.02 Å². The van der Waals surface area contributed by atoms with Gasteiger partial charge in [0.2, 0.25) is 0 Å². The van der Waals surface area contributed by atoms with Gasteiger partial charge in [0.25, 0.3) is 0 Å². The second-order valence-electron chi connectivity index (χ2n) is 11.3. The lowest BCUT2D eigenvalue weighted by atomic mass is 9.78. The van der Waals surface area contributed by atoms with E-state index < -0.39 is 11.4 Å². The molecule has 1 amide bonds. The first-order chi connectivity index (χ1) is 18.6. The number of halogens is 2. The van der Waals surface area contributed by atoms with E-state index in [4.69, 9.17) is 30.8 Å². The first-order valence-electron chi connectivity index (χ1n) is 12.9. The minimum Gasteiger partial charge on any atom is -0.491 e. The molecule has 0 radical (unpaired) electrons. The first-order valence-corrected chi connectivity index (χ1v) is 13.3. The summed E-state index contributed by atoms with van der Waals surface area (Å²) in [7, 11) is 0. The van der Waals surface area contributed by atoms with Gasteiger partial charge in [0, 0.05) is 25.6 Å². The molecule has 0 atom stereocenters. The van der Waals surface area contributed by atoms with Gasteiger partial charge in [-0.2, -0.15) is 0 Å². The van der Waals surface area contributed by atoms with Gasteiger partial charge < -0.3 is 24.4 Å². The summed E-state index contributed by atoms with van der Waals surface area (Å²) in [5.41, 5.74) is 0.483. The molecule has 1 N–H and O–H groups in total. The van der Waals surface area contributed by atoms with Gasteiger partial charge in [0.15, 0.2) is 11.6 Å². The molecule has 0 aliphatic carbocycles. The molecule has 0 saturated carbocycles. The first kappa shape index (κ1) is 25.8. The van der Waals surface area contributed by atoms with Crippen LogP contribution in [-0.2, 0) is 9.47 Å². The standard InChI is InChI=1S/C27H30ClFN6O4/c1-26(2,3)39-25(36)35-9-8-27(35)13-34(14-27)20-7-5-18-23(33-20)24(31-15-30-18)32-17-4-6-19(21(28)22(17)29)38-12-16-10-37-11-16/h4-7,15-16H,8-14H2,1-3H3,(H,30,31,32). The quantitative estimate of drug-likeness (QED) is 0.459. The minimum absolute atomic E-state index is 0.104. The van der Waals surface area contributed by atoms with Crippen molar-refractivity contribution >= 4 is 46.1 Å². The minimum atomic E-state index is -0.640. The third-order valence-corrected chi connectivity index (χ3v) is 7.58. The van der Waals surface area contributed by atoms with Gasteiger partial charge in [-0.25, -0.2) is 24.1 Å². The van der Waals surface area contributed by atoms with Crippen LogP contribution in [0.25, 0.3) is 11.0 Å². The number of rotatable bonds is 6. The molecule has 3 aliphatic rings. The number of fused-ring (bicyclic) bond motifs is 1. The number of carbonyl (C=O) groups excluding carboxylic acids is 1. The summed E-state index contributed by atoms with van der Waals surface area (Å²) in [6.07, 6.45) is 2.03. The lowest BCUT2D eigenvalue weighted by molar-refractivity contribution is -0.0562. The number of hydrogen-bond donors (Lipinski definition) is 1. The number of aromatic nitrogens is 3. The number of ether oxygens (including phenoxy) is 3. The summed E-state index contributed by atoms with van der Waals surface area (Å²) in [4.78, 5) is 30.0. The number of likely N-dealkylation sites (tertiary alicyclic amines) is 1. The summed E-state index contributed by atoms with van der Waals surface area (Å²) < 4.78 is 31.6. The highest BCUT2D eigenvalue weighted by Gasteiger charge is 2.56. The predicted octanol–water partition coefficient (Wildman–Crippen LogP) is 4.79. The maximum atomic E-state index is 15.2. The van der Waals surface area contributed by atoms with E-state index in [1.807, 2.05) is 37.8 Å². The third kappa shape index (κ3) is 4.89. The molecule has 5 heterocycles. The van der Waals surface area contributed by atoms with Crippen LogP contribution in [0.1, 0.15) is 27.2 Å². The predicted molar refractivity (Wildman–Crippen MR) is 144 cm³/mol. The van der Waals surface area contributed by atoms with Crippen LogP contribution in [-0.4, -0.2) is 76.5 Å². The average molecular weight is 557 g/mol. The van der Waals surface area contributed by atoms with Crippen LogP contribution in [0, 0.1) is 11.7 Å². The van der Waals surface area contributed by atoms with Crippen molar-refractivity contribution in [3.05, 3.63) is 41.4 Å². The second-order valence-corrected chi connectivity index (χ2v) is 11.7. The van der Waals surface area contributed by atoms with Crippen molar-refractivity contribution < 1.29 is 23.4 Å². The lowest BCUT2D eigenvalue weighted by Crippen LogP contribution is -2.78. The molecule has 39 heavy (non-hydrogen) atoms. The Bertz CT molecular complexity index is 1420. The highest BCUT2D eigenvalue weighted by Crippen LogP contribution is 2.42. The average Bonchev–Trinajstić information content (AvgIpc) is 2.80. The zero-order chi connectivity index (χ0) is 27.4. The van der Waals surface area contributed by atoms with Crippen molar-refractivity contribution in [2.45, 2.75) is 38.3 Å². The topological polar surface area (TPSA) is 102 Å². The molecule has 1 aromatic carbocycles. The number of pyridine rings is 1. The largest absolute Gasteiger partial charge is 0.491 e. The molecule has 10 nitrogen and oxygen atoms in total. The number of carbonyl (C=O) groups is 1. The summed E-state index contributed by atoms with van der Waals surface area (Å²) in [5, 5.41) is 2.91. The summed E-state index contributed by atoms with van der Waals surface area (Å²) in [6, 6.07) is 6.93. The lowest BCUT2D eigenvalue weighted by Gasteiger charge is -2.62. The summed E-state index contributed by atoms with van der Waals surface area (Å²) in [6.45, 7) is 9.28. The van der Waals surface area contributed by atoms with Crippen molar-refractivity contribution in [3.8, 4) is 5.75 Å². The van der Waals surface area contributed by atoms with E-state index in [-0.39, 0.29) is 28.1 Å². The van der Waals surface area contributed by atoms with E-state index in [9.17, 15) is 4.79 Å². The third-order valence-electron chi connectivity index (χ3n) is 7.23. The highest BCUT2D eigenvalue weighted by molar-refractivity contribution is 6.32. The van der Waals surface area contributed by atoms with E-state index in [2.05, 4.69) is 20.2 Å². The van der Waals surface area contributed by atoms with Crippen molar-refractivity contribution in [2.75, 3.05) is 49.7 Å². The molecule has 1 spiro atoms. The molecule has 0 bridgehead atoms. The van der Waals surface area contributed by atoms with Crippen molar-refractivity contribution in [1.82, 2.24) is 19.9 Å². The number of nitrogens with zero attached hydrogens (tertiary/aromatic N) is 5. The SMILES string of the molecule is CC(C)(C)OC(=O)N1CCC12CN(c1ccc3ncnc(Nc4ccc(OCC5COC5)c(Cl)c4F)c3n1)C2. The Hall–Kier alpha value is -3.44. The van der Waals surface area contributed by atoms with Gasteiger partial charge in [0.05, 0.1) is 36.6 Å². The Morgan fingerprint density at radius 1 is 1.23 bits per heavy atom. The van der Waals surface area contributed by atoms with E-state index >= 15 is 4.39 Å². The Kier molecular flexibility index (Phi) is 6.38. The fourth-order valence-corrected chi connectivity index (χ4v) is 5.17. The van der Waals surface area contributed by atoms with Gasteiger partial charge in [-0.3, -0.25) is 4.90 Å². The molecule has 12 heteroatoms. The molecule has 3 aliphatic heterocycles. The van der Waals surface area contributed by atoms with Gasteiger partial charge >= 0.3 is 6.09 Å². The van der Waals surface area contributed by atoms with Crippen molar-refractivity contribution in [1.29, 1.82) is 0 Å². The van der Waals surface area contributed by atoms with Gasteiger partial charge in [-0.1, -0.05) is 11.6 Å². The Morgan fingerprint density at radius 2 is 2.03 bits per heavy atom. The van der Waals surface area contributed by atoms with E-state index in [1.54, 1.807) is 12.1 Å². The Balaban J connectivity index is 1.18. The molecule has 3 saturated heterocycles. The number of benzene rings is 1. The van der Waals surface area contributed by atoms with E-state index in [0.717, 1.165) is 12.2 Å². The van der Waals surface area contributed by atoms with Crippen LogP contribution in [0.4, 0.5) is 26.5 Å². The second kappa shape index (κ2) is 9.63. The fourth-order valence-electron chi connectivity index (χ4n) is 4.95. The number of amides is 1. The maximum Gasteiger partial charge on any atom is 0.410 e. The monoisotopic (exact) mass is 556 g/mol. The normalized spacial score (nSPS) is 18.4. The van der Waals surface area contributed by atoms with Crippen LogP contribution in [0.15, 0.2) is 30.6 Å². The van der Waals surface area contributed by atoms with Crippen LogP contribution in [0.5, 0.6) is 5.75 Å². The zero-order valence-electron chi connectivity index (χ0n) is 22.0. The molecule has 206 valence electrons. The van der Waals surface area contributed by atoms with Crippen LogP contribution in [0.3, 0.4) is 0 Å². The van der Waals surface area contributed by atoms with Crippen molar-refractivity contribution in [3.63, 3.8) is 0 Å². The van der Waals surface area contributed by atoms with Crippen LogP contribution >= 0.6 is 11.6 Å². The number of anilines is 3. The van der Waals surface area contributed by atoms with E-state index in [0.29, 0.717) is 62.2 Å². The smallest absolute Gasteiger partial charge is 0.410 e. The molecule has 3 aromatic rings. The summed E-state index contributed by atoms with van der Waals surface area (Å²) in [5.74, 6) is 1.01. The molecular formula is C27H30ClFN6O4. The van der Waals surface area contributed by atoms with Gasteiger partial charge in [0.1, 0.15) is 34.0 Å². The van der Waals surface area contributed by atoms with Crippen LogP contribution < -0.4 is 15.0 Å². The molecule has 6 rings (SSSR count). The number of hydrogen-bond acceptors (Lipinski definition) is 9. The summed E-state index contributed by atoms with van der Waals surface area (Å²) >= 11 is 6.27. The van der Waals surface area contributed by atoms with E-state index in [1.165, 1.54) is 6.33 Å². The number of nitrogens with one attached hydrogen (secondary N) is 1. The zero-order valence-corrected chi connectivity index (χ0v) is 22.8. The van der Waals surface area contributed by atoms with Gasteiger partial charge in [-0.05, 0) is 51.5 Å². The molecule has 3 fully saturated rings. The fraction of sp³-hybridized carbons (Fsp3) is 0.481. The molecular weight excluding hydrogens is 527 g/mol. The molecule has 2 aromatic heterocycles. The Morgan fingerprint density at radius 3 is 2.69 bits per heavy atom.